The van der Waals surface area contributed by atoms with Gasteiger partial charge in [0.1, 0.15) is 11.3 Å². The third kappa shape index (κ3) is 2.65. The zero-order valence-corrected chi connectivity index (χ0v) is 13.4. The standard InChI is InChI=1S/C21H17NO2/c1-2-23-19-13-11-15-7-3-4-8-16(15)17(19)12-14-21-22-18-9-5-6-10-20(18)24-21/h3-14H,2H2,1H3/b14-12+. The summed E-state index contributed by atoms with van der Waals surface area (Å²) >= 11 is 0. The van der Waals surface area contributed by atoms with Gasteiger partial charge in [0.05, 0.1) is 6.61 Å². The Morgan fingerprint density at radius 2 is 1.79 bits per heavy atom. The fourth-order valence-electron chi connectivity index (χ4n) is 2.84. The van der Waals surface area contributed by atoms with Crippen molar-refractivity contribution in [2.45, 2.75) is 6.92 Å². The summed E-state index contributed by atoms with van der Waals surface area (Å²) in [7, 11) is 0. The summed E-state index contributed by atoms with van der Waals surface area (Å²) in [6.45, 7) is 2.62. The van der Waals surface area contributed by atoms with Gasteiger partial charge in [-0.1, -0.05) is 42.5 Å². The zero-order valence-electron chi connectivity index (χ0n) is 13.4. The van der Waals surface area contributed by atoms with Crippen LogP contribution in [0.1, 0.15) is 18.4 Å². The van der Waals surface area contributed by atoms with E-state index in [9.17, 15) is 0 Å². The molecular formula is C21H17NO2. The molecule has 0 unspecified atom stereocenters. The number of hydrogen-bond acceptors (Lipinski definition) is 3. The van der Waals surface area contributed by atoms with E-state index >= 15 is 0 Å². The van der Waals surface area contributed by atoms with Gasteiger partial charge in [-0.15, -0.1) is 0 Å². The van der Waals surface area contributed by atoms with Crippen LogP contribution in [0.15, 0.2) is 65.1 Å². The molecule has 4 rings (SSSR count). The molecular weight excluding hydrogens is 298 g/mol. The summed E-state index contributed by atoms with van der Waals surface area (Å²) in [5, 5.41) is 2.33. The number of rotatable bonds is 4. The number of para-hydroxylation sites is 2. The SMILES string of the molecule is CCOc1ccc2ccccc2c1/C=C/c1nc2ccccc2o1. The van der Waals surface area contributed by atoms with Crippen LogP contribution in [0.25, 0.3) is 34.0 Å². The van der Waals surface area contributed by atoms with Gasteiger partial charge >= 0.3 is 0 Å². The van der Waals surface area contributed by atoms with Gasteiger partial charge in [-0.25, -0.2) is 4.98 Å². The average Bonchev–Trinajstić information content (AvgIpc) is 3.04. The number of benzene rings is 3. The second kappa shape index (κ2) is 6.20. The third-order valence-electron chi connectivity index (χ3n) is 3.93. The first-order chi connectivity index (χ1) is 11.8. The maximum Gasteiger partial charge on any atom is 0.220 e. The van der Waals surface area contributed by atoms with Crippen LogP contribution in [-0.4, -0.2) is 11.6 Å². The second-order valence-electron chi connectivity index (χ2n) is 5.48. The van der Waals surface area contributed by atoms with Crippen molar-refractivity contribution in [3.05, 3.63) is 72.1 Å². The minimum Gasteiger partial charge on any atom is -0.493 e. The lowest BCUT2D eigenvalue weighted by molar-refractivity contribution is 0.340. The molecule has 0 spiro atoms. The van der Waals surface area contributed by atoms with Crippen LogP contribution in [0.3, 0.4) is 0 Å². The Kier molecular flexibility index (Phi) is 3.75. The molecule has 0 fully saturated rings. The highest BCUT2D eigenvalue weighted by molar-refractivity contribution is 5.95. The normalized spacial score (nSPS) is 11.5. The van der Waals surface area contributed by atoms with E-state index in [2.05, 4.69) is 23.2 Å². The van der Waals surface area contributed by atoms with Crippen molar-refractivity contribution < 1.29 is 9.15 Å². The van der Waals surface area contributed by atoms with Crippen molar-refractivity contribution in [1.29, 1.82) is 0 Å². The first-order valence-corrected chi connectivity index (χ1v) is 8.03. The van der Waals surface area contributed by atoms with Crippen LogP contribution in [0.2, 0.25) is 0 Å². The number of nitrogens with zero attached hydrogens (tertiary/aromatic N) is 1. The van der Waals surface area contributed by atoms with Gasteiger partial charge in [0.2, 0.25) is 5.89 Å². The Balaban J connectivity index is 1.80. The van der Waals surface area contributed by atoms with Crippen LogP contribution in [0.4, 0.5) is 0 Å². The first-order valence-electron chi connectivity index (χ1n) is 8.03. The lowest BCUT2D eigenvalue weighted by Crippen LogP contribution is -1.94. The van der Waals surface area contributed by atoms with E-state index in [-0.39, 0.29) is 0 Å². The van der Waals surface area contributed by atoms with Gasteiger partial charge in [0.15, 0.2) is 5.58 Å². The molecule has 4 aromatic rings. The largest absolute Gasteiger partial charge is 0.493 e. The lowest BCUT2D eigenvalue weighted by Gasteiger charge is -2.10. The highest BCUT2D eigenvalue weighted by atomic mass is 16.5. The van der Waals surface area contributed by atoms with Crippen molar-refractivity contribution in [3.63, 3.8) is 0 Å². The molecule has 0 saturated carbocycles. The van der Waals surface area contributed by atoms with Gasteiger partial charge in [0.25, 0.3) is 0 Å². The topological polar surface area (TPSA) is 35.3 Å². The van der Waals surface area contributed by atoms with Crippen LogP contribution >= 0.6 is 0 Å². The Hall–Kier alpha value is -3.07. The predicted molar refractivity (Wildman–Crippen MR) is 98.1 cm³/mol. The Morgan fingerprint density at radius 3 is 2.67 bits per heavy atom. The molecule has 24 heavy (non-hydrogen) atoms. The minimum atomic E-state index is 0.589. The zero-order chi connectivity index (χ0) is 16.4. The highest BCUT2D eigenvalue weighted by Crippen LogP contribution is 2.30. The molecule has 0 atom stereocenters. The third-order valence-corrected chi connectivity index (χ3v) is 3.93. The van der Waals surface area contributed by atoms with Gasteiger partial charge in [-0.3, -0.25) is 0 Å². The van der Waals surface area contributed by atoms with E-state index in [1.165, 1.54) is 5.39 Å². The number of hydrogen-bond donors (Lipinski definition) is 0. The predicted octanol–water partition coefficient (Wildman–Crippen LogP) is 5.55. The molecule has 0 saturated heterocycles. The lowest BCUT2D eigenvalue weighted by atomic mass is 10.0. The van der Waals surface area contributed by atoms with Crippen LogP contribution in [0, 0.1) is 0 Å². The monoisotopic (exact) mass is 315 g/mol. The molecule has 1 heterocycles. The van der Waals surface area contributed by atoms with E-state index in [0.29, 0.717) is 12.5 Å². The molecule has 1 aromatic heterocycles. The summed E-state index contributed by atoms with van der Waals surface area (Å²) < 4.78 is 11.6. The minimum absolute atomic E-state index is 0.589. The molecule has 0 amide bonds. The number of fused-ring (bicyclic) bond motifs is 2. The molecule has 0 N–H and O–H groups in total. The first kappa shape index (κ1) is 14.5. The molecule has 0 radical (unpaired) electrons. The van der Waals surface area contributed by atoms with Crippen molar-refractivity contribution in [3.8, 4) is 5.75 Å². The summed E-state index contributed by atoms with van der Waals surface area (Å²) in [5.74, 6) is 1.45. The van der Waals surface area contributed by atoms with Gasteiger partial charge in [-0.05, 0) is 42.0 Å². The number of aromatic nitrogens is 1. The molecule has 0 bridgehead atoms. The Bertz CT molecular complexity index is 997. The van der Waals surface area contributed by atoms with E-state index in [0.717, 1.165) is 27.8 Å². The van der Waals surface area contributed by atoms with Crippen molar-refractivity contribution in [2.75, 3.05) is 6.61 Å². The highest BCUT2D eigenvalue weighted by Gasteiger charge is 2.07. The van der Waals surface area contributed by atoms with Crippen LogP contribution < -0.4 is 4.74 Å². The summed E-state index contributed by atoms with van der Waals surface area (Å²) in [4.78, 5) is 4.49. The summed E-state index contributed by atoms with van der Waals surface area (Å²) in [6, 6.07) is 20.1. The van der Waals surface area contributed by atoms with Crippen LogP contribution in [0.5, 0.6) is 5.75 Å². The van der Waals surface area contributed by atoms with Gasteiger partial charge < -0.3 is 9.15 Å². The molecule has 3 aromatic carbocycles. The van der Waals surface area contributed by atoms with Crippen molar-refractivity contribution in [1.82, 2.24) is 4.98 Å². The fraction of sp³-hybridized carbons (Fsp3) is 0.0952. The van der Waals surface area contributed by atoms with E-state index in [4.69, 9.17) is 9.15 Å². The molecule has 0 aliphatic carbocycles. The fourth-order valence-corrected chi connectivity index (χ4v) is 2.84. The van der Waals surface area contributed by atoms with E-state index in [1.807, 2.05) is 61.5 Å². The molecule has 3 nitrogen and oxygen atoms in total. The molecule has 0 aliphatic heterocycles. The summed E-state index contributed by atoms with van der Waals surface area (Å²) in [5.41, 5.74) is 2.69. The van der Waals surface area contributed by atoms with E-state index < -0.39 is 0 Å². The molecule has 118 valence electrons. The molecule has 0 aliphatic rings. The maximum absolute atomic E-state index is 5.79. The smallest absolute Gasteiger partial charge is 0.220 e. The summed E-state index contributed by atoms with van der Waals surface area (Å²) in [6.07, 6.45) is 3.91. The van der Waals surface area contributed by atoms with Crippen LogP contribution in [-0.2, 0) is 0 Å². The van der Waals surface area contributed by atoms with Gasteiger partial charge in [-0.2, -0.15) is 0 Å². The maximum atomic E-state index is 5.79. The average molecular weight is 315 g/mol. The Labute approximate surface area is 140 Å². The second-order valence-corrected chi connectivity index (χ2v) is 5.48. The molecule has 3 heteroatoms. The van der Waals surface area contributed by atoms with Crippen molar-refractivity contribution in [2.24, 2.45) is 0 Å². The number of ether oxygens (including phenoxy) is 1. The quantitative estimate of drug-likeness (QED) is 0.495. The number of oxazole rings is 1. The Morgan fingerprint density at radius 1 is 0.958 bits per heavy atom. The van der Waals surface area contributed by atoms with Crippen molar-refractivity contribution >= 4 is 34.0 Å². The van der Waals surface area contributed by atoms with Gasteiger partial charge in [0, 0.05) is 11.6 Å². The van der Waals surface area contributed by atoms with E-state index in [1.54, 1.807) is 0 Å².